The number of hydrogen-bond donors (Lipinski definition) is 2. The first-order valence-corrected chi connectivity index (χ1v) is 3.73. The lowest BCUT2D eigenvalue weighted by Gasteiger charge is -2.04. The molecule has 0 fully saturated rings. The first-order valence-electron chi connectivity index (χ1n) is 3.73. The van der Waals surface area contributed by atoms with Gasteiger partial charge in [-0.05, 0) is 6.92 Å². The molecule has 0 aliphatic carbocycles. The molecule has 6 heteroatoms. The van der Waals surface area contributed by atoms with E-state index in [-0.39, 0.29) is 11.4 Å². The number of nitrogen functional groups attached to an aromatic ring is 1. The van der Waals surface area contributed by atoms with Gasteiger partial charge >= 0.3 is 5.97 Å². The highest BCUT2D eigenvalue weighted by Gasteiger charge is 2.12. The van der Waals surface area contributed by atoms with Crippen LogP contribution in [0.2, 0.25) is 0 Å². The van der Waals surface area contributed by atoms with Gasteiger partial charge in [0.25, 0.3) is 0 Å². The number of nitrogens with two attached hydrogens (primary N) is 1. The van der Waals surface area contributed by atoms with Gasteiger partial charge in [0.1, 0.15) is 11.9 Å². The van der Waals surface area contributed by atoms with Crippen molar-refractivity contribution >= 4 is 11.8 Å². The standard InChI is InChI=1S/C7H10N4O2/c1-2-13-7(12)5-3-9-4-10-6(5)11-8/h3-4H,2,8H2,1H3,(H,9,10,11). The Morgan fingerprint density at radius 2 is 2.54 bits per heavy atom. The van der Waals surface area contributed by atoms with Gasteiger partial charge in [0.2, 0.25) is 0 Å². The van der Waals surface area contributed by atoms with Crippen LogP contribution in [0.5, 0.6) is 0 Å². The summed E-state index contributed by atoms with van der Waals surface area (Å²) in [4.78, 5) is 18.7. The number of esters is 1. The minimum absolute atomic E-state index is 0.229. The predicted molar refractivity (Wildman–Crippen MR) is 45.8 cm³/mol. The average Bonchev–Trinajstić information content (AvgIpc) is 2.18. The van der Waals surface area contributed by atoms with Crippen molar-refractivity contribution in [3.05, 3.63) is 18.1 Å². The highest BCUT2D eigenvalue weighted by Crippen LogP contribution is 2.09. The predicted octanol–water partition coefficient (Wildman–Crippen LogP) is -0.0611. The van der Waals surface area contributed by atoms with Gasteiger partial charge in [-0.3, -0.25) is 0 Å². The number of nitrogens with zero attached hydrogens (tertiary/aromatic N) is 2. The molecular weight excluding hydrogens is 172 g/mol. The molecule has 1 aromatic rings. The fraction of sp³-hybridized carbons (Fsp3) is 0.286. The van der Waals surface area contributed by atoms with Crippen LogP contribution >= 0.6 is 0 Å². The Morgan fingerprint density at radius 3 is 3.15 bits per heavy atom. The Hall–Kier alpha value is -1.69. The monoisotopic (exact) mass is 182 g/mol. The fourth-order valence-corrected chi connectivity index (χ4v) is 0.803. The highest BCUT2D eigenvalue weighted by atomic mass is 16.5. The first kappa shape index (κ1) is 9.40. The van der Waals surface area contributed by atoms with Gasteiger partial charge in [0, 0.05) is 6.20 Å². The molecule has 0 radical (unpaired) electrons. The average molecular weight is 182 g/mol. The second-order valence-corrected chi connectivity index (χ2v) is 2.15. The van der Waals surface area contributed by atoms with Crippen molar-refractivity contribution in [3.63, 3.8) is 0 Å². The van der Waals surface area contributed by atoms with E-state index >= 15 is 0 Å². The smallest absolute Gasteiger partial charge is 0.343 e. The lowest BCUT2D eigenvalue weighted by atomic mass is 10.3. The summed E-state index contributed by atoms with van der Waals surface area (Å²) >= 11 is 0. The molecule has 70 valence electrons. The normalized spacial score (nSPS) is 9.38. The molecule has 0 spiro atoms. The zero-order valence-electron chi connectivity index (χ0n) is 7.15. The van der Waals surface area contributed by atoms with E-state index in [0.29, 0.717) is 6.61 Å². The van der Waals surface area contributed by atoms with E-state index in [2.05, 4.69) is 15.4 Å². The van der Waals surface area contributed by atoms with Gasteiger partial charge in [0.05, 0.1) is 6.61 Å². The third-order valence-corrected chi connectivity index (χ3v) is 1.34. The Morgan fingerprint density at radius 1 is 1.77 bits per heavy atom. The number of carbonyl (C=O) groups is 1. The Kier molecular flexibility index (Phi) is 3.15. The zero-order chi connectivity index (χ0) is 9.68. The third kappa shape index (κ3) is 2.12. The van der Waals surface area contributed by atoms with Crippen LogP contribution in [0.25, 0.3) is 0 Å². The maximum Gasteiger partial charge on any atom is 0.343 e. The molecule has 0 aromatic carbocycles. The Balaban J connectivity index is 2.92. The van der Waals surface area contributed by atoms with Crippen molar-refractivity contribution in [3.8, 4) is 0 Å². The molecule has 13 heavy (non-hydrogen) atoms. The number of carbonyl (C=O) groups excluding carboxylic acids is 1. The number of hydrogen-bond acceptors (Lipinski definition) is 6. The summed E-state index contributed by atoms with van der Waals surface area (Å²) in [6, 6.07) is 0. The molecule has 1 aromatic heterocycles. The minimum atomic E-state index is -0.490. The number of hydrazine groups is 1. The van der Waals surface area contributed by atoms with Crippen LogP contribution in [0.3, 0.4) is 0 Å². The van der Waals surface area contributed by atoms with Crippen LogP contribution in [-0.2, 0) is 4.74 Å². The SMILES string of the molecule is CCOC(=O)c1cncnc1NN. The van der Waals surface area contributed by atoms with Gasteiger partial charge in [-0.15, -0.1) is 0 Å². The summed E-state index contributed by atoms with van der Waals surface area (Å²) in [5.74, 6) is 4.90. The topological polar surface area (TPSA) is 90.1 Å². The second-order valence-electron chi connectivity index (χ2n) is 2.15. The third-order valence-electron chi connectivity index (χ3n) is 1.34. The molecule has 0 amide bonds. The van der Waals surface area contributed by atoms with E-state index in [4.69, 9.17) is 10.6 Å². The number of ether oxygens (including phenoxy) is 1. The van der Waals surface area contributed by atoms with Crippen LogP contribution in [0.1, 0.15) is 17.3 Å². The number of nitrogens with one attached hydrogen (secondary N) is 1. The molecule has 3 N–H and O–H groups in total. The lowest BCUT2D eigenvalue weighted by molar-refractivity contribution is 0.0526. The largest absolute Gasteiger partial charge is 0.462 e. The fourth-order valence-electron chi connectivity index (χ4n) is 0.803. The van der Waals surface area contributed by atoms with Crippen LogP contribution in [0, 0.1) is 0 Å². The summed E-state index contributed by atoms with van der Waals surface area (Å²) in [5.41, 5.74) is 2.51. The van der Waals surface area contributed by atoms with E-state index in [1.807, 2.05) is 0 Å². The van der Waals surface area contributed by atoms with E-state index < -0.39 is 5.97 Å². The van der Waals surface area contributed by atoms with Crippen molar-refractivity contribution in [2.24, 2.45) is 5.84 Å². The van der Waals surface area contributed by atoms with E-state index in [1.165, 1.54) is 12.5 Å². The first-order chi connectivity index (χ1) is 6.29. The number of rotatable bonds is 3. The molecule has 0 unspecified atom stereocenters. The van der Waals surface area contributed by atoms with Crippen LogP contribution in [0.4, 0.5) is 5.82 Å². The molecule has 0 aliphatic rings. The molecule has 1 heterocycles. The maximum atomic E-state index is 11.2. The van der Waals surface area contributed by atoms with Crippen molar-refractivity contribution in [1.82, 2.24) is 9.97 Å². The summed E-state index contributed by atoms with van der Waals surface area (Å²) in [6.45, 7) is 2.02. The van der Waals surface area contributed by atoms with Crippen LogP contribution in [0.15, 0.2) is 12.5 Å². The zero-order valence-corrected chi connectivity index (χ0v) is 7.15. The number of aromatic nitrogens is 2. The molecule has 0 saturated heterocycles. The van der Waals surface area contributed by atoms with Crippen molar-refractivity contribution in [2.45, 2.75) is 6.92 Å². The molecular formula is C7H10N4O2. The van der Waals surface area contributed by atoms with Gasteiger partial charge in [-0.25, -0.2) is 20.6 Å². The molecule has 0 aliphatic heterocycles. The van der Waals surface area contributed by atoms with Gasteiger partial charge in [0.15, 0.2) is 5.82 Å². The Labute approximate surface area is 75.1 Å². The van der Waals surface area contributed by atoms with Crippen molar-refractivity contribution in [1.29, 1.82) is 0 Å². The van der Waals surface area contributed by atoms with Gasteiger partial charge in [-0.2, -0.15) is 0 Å². The maximum absolute atomic E-state index is 11.2. The minimum Gasteiger partial charge on any atom is -0.462 e. The van der Waals surface area contributed by atoms with E-state index in [9.17, 15) is 4.79 Å². The lowest BCUT2D eigenvalue weighted by Crippen LogP contribution is -2.15. The van der Waals surface area contributed by atoms with Crippen LogP contribution in [-0.4, -0.2) is 22.5 Å². The summed E-state index contributed by atoms with van der Waals surface area (Å²) in [6.07, 6.45) is 2.64. The molecule has 0 bridgehead atoms. The molecule has 6 nitrogen and oxygen atoms in total. The summed E-state index contributed by atoms with van der Waals surface area (Å²) < 4.78 is 4.76. The molecule has 1 rings (SSSR count). The van der Waals surface area contributed by atoms with Gasteiger partial charge in [-0.1, -0.05) is 0 Å². The molecule has 0 saturated carbocycles. The van der Waals surface area contributed by atoms with E-state index in [0.717, 1.165) is 0 Å². The van der Waals surface area contributed by atoms with Crippen LogP contribution < -0.4 is 11.3 Å². The van der Waals surface area contributed by atoms with Crippen molar-refractivity contribution < 1.29 is 9.53 Å². The van der Waals surface area contributed by atoms with Gasteiger partial charge < -0.3 is 10.2 Å². The quantitative estimate of drug-likeness (QED) is 0.386. The molecule has 0 atom stereocenters. The van der Waals surface area contributed by atoms with E-state index in [1.54, 1.807) is 6.92 Å². The second kappa shape index (κ2) is 4.36. The highest BCUT2D eigenvalue weighted by molar-refractivity contribution is 5.94. The number of anilines is 1. The Bertz CT molecular complexity index is 302. The summed E-state index contributed by atoms with van der Waals surface area (Å²) in [7, 11) is 0. The summed E-state index contributed by atoms with van der Waals surface area (Å²) in [5, 5.41) is 0. The van der Waals surface area contributed by atoms with Crippen molar-refractivity contribution in [2.75, 3.05) is 12.0 Å².